The van der Waals surface area contributed by atoms with Crippen LogP contribution in [0.3, 0.4) is 0 Å². The van der Waals surface area contributed by atoms with Crippen molar-refractivity contribution in [1.82, 2.24) is 14.8 Å². The van der Waals surface area contributed by atoms with E-state index in [0.29, 0.717) is 0 Å². The molecule has 2 aromatic heterocycles. The molecule has 0 amide bonds. The van der Waals surface area contributed by atoms with Gasteiger partial charge in [-0.05, 0) is 19.1 Å². The Balaban J connectivity index is 2.37. The predicted molar refractivity (Wildman–Crippen MR) is 66.6 cm³/mol. The van der Waals surface area contributed by atoms with Crippen molar-refractivity contribution in [1.29, 1.82) is 0 Å². The first kappa shape index (κ1) is 12.1. The topological polar surface area (TPSA) is 47.8 Å². The molecule has 6 heteroatoms. The van der Waals surface area contributed by atoms with Gasteiger partial charge in [0.25, 0.3) is 5.56 Å². The predicted octanol–water partition coefficient (Wildman–Crippen LogP) is 2.30. The van der Waals surface area contributed by atoms with Crippen LogP contribution in [0.25, 0.3) is 0 Å². The Hall–Kier alpha value is -1.39. The first-order chi connectivity index (χ1) is 8.08. The van der Waals surface area contributed by atoms with Crippen LogP contribution in [-0.2, 0) is 6.54 Å². The SMILES string of the molecule is Cc1cccc(Cn2ncc(Cl)c(Cl)c2=O)n1. The molecule has 4 nitrogen and oxygen atoms in total. The van der Waals surface area contributed by atoms with Crippen molar-refractivity contribution in [2.45, 2.75) is 13.5 Å². The van der Waals surface area contributed by atoms with E-state index in [1.165, 1.54) is 10.9 Å². The third-order valence-corrected chi connectivity index (χ3v) is 2.95. The van der Waals surface area contributed by atoms with E-state index in [0.717, 1.165) is 11.4 Å². The molecule has 0 aliphatic rings. The molecule has 0 aromatic carbocycles. The highest BCUT2D eigenvalue weighted by Gasteiger charge is 2.08. The van der Waals surface area contributed by atoms with Crippen molar-refractivity contribution in [3.63, 3.8) is 0 Å². The van der Waals surface area contributed by atoms with E-state index in [4.69, 9.17) is 23.2 Å². The summed E-state index contributed by atoms with van der Waals surface area (Å²) in [6.07, 6.45) is 1.35. The van der Waals surface area contributed by atoms with Gasteiger partial charge >= 0.3 is 0 Å². The fourth-order valence-electron chi connectivity index (χ4n) is 1.40. The van der Waals surface area contributed by atoms with Crippen LogP contribution in [0.5, 0.6) is 0 Å². The van der Waals surface area contributed by atoms with Crippen molar-refractivity contribution >= 4 is 23.2 Å². The molecule has 2 heterocycles. The third kappa shape index (κ3) is 2.65. The number of nitrogens with zero attached hydrogens (tertiary/aromatic N) is 3. The molecule has 0 radical (unpaired) electrons. The molecule has 0 bridgehead atoms. The molecule has 88 valence electrons. The highest BCUT2D eigenvalue weighted by Crippen LogP contribution is 2.14. The van der Waals surface area contributed by atoms with Crippen LogP contribution in [0.15, 0.2) is 29.2 Å². The van der Waals surface area contributed by atoms with Crippen molar-refractivity contribution in [3.05, 3.63) is 56.2 Å². The summed E-state index contributed by atoms with van der Waals surface area (Å²) >= 11 is 11.4. The quantitative estimate of drug-likeness (QED) is 0.841. The number of aromatic nitrogens is 3. The average molecular weight is 270 g/mol. The Morgan fingerprint density at radius 2 is 2.12 bits per heavy atom. The lowest BCUT2D eigenvalue weighted by Gasteiger charge is -2.05. The summed E-state index contributed by atoms with van der Waals surface area (Å²) in [6, 6.07) is 5.58. The molecule has 0 aliphatic heterocycles. The van der Waals surface area contributed by atoms with E-state index in [1.54, 1.807) is 0 Å². The van der Waals surface area contributed by atoms with Crippen LogP contribution in [0.4, 0.5) is 0 Å². The molecule has 0 fully saturated rings. The zero-order valence-corrected chi connectivity index (χ0v) is 10.5. The summed E-state index contributed by atoms with van der Waals surface area (Å²) in [6.45, 7) is 2.16. The number of hydrogen-bond donors (Lipinski definition) is 0. The van der Waals surface area contributed by atoms with Crippen molar-refractivity contribution < 1.29 is 0 Å². The van der Waals surface area contributed by atoms with Gasteiger partial charge in [-0.25, -0.2) is 4.68 Å². The van der Waals surface area contributed by atoms with Crippen LogP contribution in [0.1, 0.15) is 11.4 Å². The van der Waals surface area contributed by atoms with Gasteiger partial charge < -0.3 is 0 Å². The van der Waals surface area contributed by atoms with Gasteiger partial charge in [-0.1, -0.05) is 29.3 Å². The monoisotopic (exact) mass is 269 g/mol. The van der Waals surface area contributed by atoms with Crippen LogP contribution < -0.4 is 5.56 Å². The molecule has 0 saturated heterocycles. The van der Waals surface area contributed by atoms with E-state index >= 15 is 0 Å². The minimum absolute atomic E-state index is 0.0191. The second-order valence-corrected chi connectivity index (χ2v) is 4.32. The lowest BCUT2D eigenvalue weighted by molar-refractivity contribution is 0.627. The first-order valence-corrected chi connectivity index (χ1v) is 5.67. The zero-order valence-electron chi connectivity index (χ0n) is 9.02. The second kappa shape index (κ2) is 4.85. The standard InChI is InChI=1S/C11H9Cl2N3O/c1-7-3-2-4-8(15-7)6-16-11(17)10(13)9(12)5-14-16/h2-5H,6H2,1H3. The van der Waals surface area contributed by atoms with E-state index in [9.17, 15) is 4.79 Å². The summed E-state index contributed by atoms with van der Waals surface area (Å²) in [5, 5.41) is 4.05. The van der Waals surface area contributed by atoms with Gasteiger partial charge in [0.1, 0.15) is 5.02 Å². The van der Waals surface area contributed by atoms with Crippen LogP contribution in [0.2, 0.25) is 10.0 Å². The maximum Gasteiger partial charge on any atom is 0.287 e. The van der Waals surface area contributed by atoms with Crippen LogP contribution in [0, 0.1) is 6.92 Å². The van der Waals surface area contributed by atoms with Gasteiger partial charge in [-0.2, -0.15) is 5.10 Å². The Labute approximate surface area is 108 Å². The molecule has 0 N–H and O–H groups in total. The largest absolute Gasteiger partial charge is 0.287 e. The lowest BCUT2D eigenvalue weighted by Crippen LogP contribution is -2.24. The Bertz CT molecular complexity index is 610. The first-order valence-electron chi connectivity index (χ1n) is 4.91. The molecule has 2 aromatic rings. The Morgan fingerprint density at radius 3 is 2.82 bits per heavy atom. The maximum atomic E-state index is 11.7. The second-order valence-electron chi connectivity index (χ2n) is 3.54. The van der Waals surface area contributed by atoms with Gasteiger partial charge in [0.2, 0.25) is 0 Å². The summed E-state index contributed by atoms with van der Waals surface area (Å²) in [4.78, 5) is 16.0. The Kier molecular flexibility index (Phi) is 3.45. The maximum absolute atomic E-state index is 11.7. The number of rotatable bonds is 2. The summed E-state index contributed by atoms with van der Waals surface area (Å²) < 4.78 is 1.23. The number of pyridine rings is 1. The molecule has 2 rings (SSSR count). The number of aryl methyl sites for hydroxylation is 1. The van der Waals surface area contributed by atoms with E-state index < -0.39 is 5.56 Å². The van der Waals surface area contributed by atoms with Gasteiger partial charge in [-0.15, -0.1) is 0 Å². The number of hydrogen-bond acceptors (Lipinski definition) is 3. The van der Waals surface area contributed by atoms with Crippen LogP contribution in [-0.4, -0.2) is 14.8 Å². The fourth-order valence-corrected chi connectivity index (χ4v) is 1.67. The van der Waals surface area contributed by atoms with Gasteiger partial charge in [0.15, 0.2) is 0 Å². The third-order valence-electron chi connectivity index (χ3n) is 2.20. The average Bonchev–Trinajstić information content (AvgIpc) is 2.30. The summed E-state index contributed by atoms with van der Waals surface area (Å²) in [5.41, 5.74) is 1.22. The smallest absolute Gasteiger partial charge is 0.266 e. The van der Waals surface area contributed by atoms with E-state index in [1.807, 2.05) is 25.1 Å². The molecular weight excluding hydrogens is 261 g/mol. The zero-order chi connectivity index (χ0) is 12.4. The van der Waals surface area contributed by atoms with Crippen molar-refractivity contribution in [2.75, 3.05) is 0 Å². The molecule has 0 unspecified atom stereocenters. The van der Waals surface area contributed by atoms with E-state index in [2.05, 4.69) is 10.1 Å². The highest BCUT2D eigenvalue weighted by molar-refractivity contribution is 6.41. The molecule has 0 atom stereocenters. The minimum Gasteiger partial charge on any atom is -0.266 e. The van der Waals surface area contributed by atoms with E-state index in [-0.39, 0.29) is 16.6 Å². The van der Waals surface area contributed by atoms with Crippen molar-refractivity contribution in [2.24, 2.45) is 0 Å². The van der Waals surface area contributed by atoms with Gasteiger partial charge in [0.05, 0.1) is 23.5 Å². The number of halogens is 2. The fraction of sp³-hybridized carbons (Fsp3) is 0.182. The molecule has 17 heavy (non-hydrogen) atoms. The Morgan fingerprint density at radius 1 is 1.35 bits per heavy atom. The molecular formula is C11H9Cl2N3O. The summed E-state index contributed by atoms with van der Waals surface area (Å²) in [7, 11) is 0. The minimum atomic E-state index is -0.414. The molecule has 0 spiro atoms. The highest BCUT2D eigenvalue weighted by atomic mass is 35.5. The molecule has 0 aliphatic carbocycles. The van der Waals surface area contributed by atoms with Gasteiger partial charge in [-0.3, -0.25) is 9.78 Å². The molecule has 0 saturated carbocycles. The normalized spacial score (nSPS) is 10.5. The van der Waals surface area contributed by atoms with Gasteiger partial charge in [0, 0.05) is 5.69 Å². The lowest BCUT2D eigenvalue weighted by atomic mass is 10.3. The van der Waals surface area contributed by atoms with Crippen LogP contribution >= 0.6 is 23.2 Å². The van der Waals surface area contributed by atoms with Crippen molar-refractivity contribution in [3.8, 4) is 0 Å². The summed E-state index contributed by atoms with van der Waals surface area (Å²) in [5.74, 6) is 0.